The Labute approximate surface area is 122 Å². The molecule has 0 aliphatic carbocycles. The summed E-state index contributed by atoms with van der Waals surface area (Å²) in [6.45, 7) is 7.77. The number of benzene rings is 1. The minimum Gasteiger partial charge on any atom is -0.332 e. The molecule has 108 valence electrons. The van der Waals surface area contributed by atoms with Crippen molar-refractivity contribution in [3.8, 4) is 0 Å². The van der Waals surface area contributed by atoms with Crippen molar-refractivity contribution in [2.45, 2.75) is 39.3 Å². The second-order valence-corrected chi connectivity index (χ2v) is 5.59. The first kappa shape index (κ1) is 14.8. The van der Waals surface area contributed by atoms with Gasteiger partial charge in [0.05, 0.1) is 18.4 Å². The Balaban J connectivity index is 2.32. The quantitative estimate of drug-likeness (QED) is 0.829. The summed E-state index contributed by atoms with van der Waals surface area (Å²) < 4.78 is 2.23. The van der Waals surface area contributed by atoms with E-state index in [1.165, 1.54) is 5.56 Å². The third-order valence-electron chi connectivity index (χ3n) is 3.67. The molecule has 2 rings (SSSR count). The Morgan fingerprint density at radius 3 is 2.50 bits per heavy atom. The molecule has 3 heteroatoms. The van der Waals surface area contributed by atoms with Gasteiger partial charge < -0.3 is 9.88 Å². The van der Waals surface area contributed by atoms with E-state index in [9.17, 15) is 0 Å². The standard InChI is InChI=1S/C17H25N3/c1-4-10-19-16(15-8-6-5-7-9-15)17(14(2)3)20-12-11-18-13-20/h5-9,11-14,16-17,19H,4,10H2,1-3H3. The lowest BCUT2D eigenvalue weighted by molar-refractivity contribution is 0.278. The van der Waals surface area contributed by atoms with Gasteiger partial charge in [0, 0.05) is 12.4 Å². The number of hydrogen-bond acceptors (Lipinski definition) is 2. The first-order valence-corrected chi connectivity index (χ1v) is 7.49. The second kappa shape index (κ2) is 7.25. The zero-order valence-electron chi connectivity index (χ0n) is 12.7. The number of hydrogen-bond donors (Lipinski definition) is 1. The maximum Gasteiger partial charge on any atom is 0.0949 e. The van der Waals surface area contributed by atoms with Crippen LogP contribution < -0.4 is 5.32 Å². The molecule has 0 aliphatic heterocycles. The zero-order valence-corrected chi connectivity index (χ0v) is 12.7. The molecule has 0 amide bonds. The maximum absolute atomic E-state index is 4.22. The molecule has 1 aromatic heterocycles. The molecule has 0 aliphatic rings. The molecule has 0 saturated heterocycles. The van der Waals surface area contributed by atoms with Crippen LogP contribution in [0.15, 0.2) is 49.1 Å². The van der Waals surface area contributed by atoms with E-state index >= 15 is 0 Å². The predicted octanol–water partition coefficient (Wildman–Crippen LogP) is 3.82. The van der Waals surface area contributed by atoms with Gasteiger partial charge in [-0.1, -0.05) is 51.1 Å². The molecule has 20 heavy (non-hydrogen) atoms. The van der Waals surface area contributed by atoms with Gasteiger partial charge in [-0.25, -0.2) is 4.98 Å². The van der Waals surface area contributed by atoms with Crippen molar-refractivity contribution in [2.24, 2.45) is 5.92 Å². The molecule has 0 bridgehead atoms. The maximum atomic E-state index is 4.22. The highest BCUT2D eigenvalue weighted by Gasteiger charge is 2.26. The number of nitrogens with zero attached hydrogens (tertiary/aromatic N) is 2. The fourth-order valence-corrected chi connectivity index (χ4v) is 2.74. The lowest BCUT2D eigenvalue weighted by Gasteiger charge is -2.32. The number of nitrogens with one attached hydrogen (secondary N) is 1. The van der Waals surface area contributed by atoms with Gasteiger partial charge in [0.25, 0.3) is 0 Å². The monoisotopic (exact) mass is 271 g/mol. The molecular weight excluding hydrogens is 246 g/mol. The molecule has 0 spiro atoms. The Bertz CT molecular complexity index is 476. The van der Waals surface area contributed by atoms with E-state index in [-0.39, 0.29) is 0 Å². The van der Waals surface area contributed by atoms with Gasteiger partial charge in [0.2, 0.25) is 0 Å². The fourth-order valence-electron chi connectivity index (χ4n) is 2.74. The topological polar surface area (TPSA) is 29.9 Å². The van der Waals surface area contributed by atoms with Gasteiger partial charge in [-0.2, -0.15) is 0 Å². The van der Waals surface area contributed by atoms with Crippen LogP contribution in [0.25, 0.3) is 0 Å². The van der Waals surface area contributed by atoms with Crippen molar-refractivity contribution in [1.29, 1.82) is 0 Å². The molecule has 1 heterocycles. The average Bonchev–Trinajstić information content (AvgIpc) is 2.97. The second-order valence-electron chi connectivity index (χ2n) is 5.59. The van der Waals surface area contributed by atoms with Crippen molar-refractivity contribution in [2.75, 3.05) is 6.54 Å². The summed E-state index contributed by atoms with van der Waals surface area (Å²) in [5.74, 6) is 0.527. The summed E-state index contributed by atoms with van der Waals surface area (Å²) in [4.78, 5) is 4.22. The Kier molecular flexibility index (Phi) is 5.36. The van der Waals surface area contributed by atoms with E-state index in [1.807, 2.05) is 12.5 Å². The fraction of sp³-hybridized carbons (Fsp3) is 0.471. The summed E-state index contributed by atoms with van der Waals surface area (Å²) in [6.07, 6.45) is 6.98. The highest BCUT2D eigenvalue weighted by atomic mass is 15.1. The molecule has 1 N–H and O–H groups in total. The summed E-state index contributed by atoms with van der Waals surface area (Å²) in [7, 11) is 0. The van der Waals surface area contributed by atoms with Gasteiger partial charge in [0.15, 0.2) is 0 Å². The molecule has 1 aromatic carbocycles. The summed E-state index contributed by atoms with van der Waals surface area (Å²) >= 11 is 0. The molecule has 0 fully saturated rings. The minimum absolute atomic E-state index is 0.311. The first-order valence-electron chi connectivity index (χ1n) is 7.49. The van der Waals surface area contributed by atoms with E-state index in [1.54, 1.807) is 0 Å². The highest BCUT2D eigenvalue weighted by molar-refractivity contribution is 5.20. The molecule has 3 nitrogen and oxygen atoms in total. The van der Waals surface area contributed by atoms with Crippen molar-refractivity contribution in [3.05, 3.63) is 54.6 Å². The van der Waals surface area contributed by atoms with Crippen LogP contribution >= 0.6 is 0 Å². The molecule has 0 radical (unpaired) electrons. The summed E-state index contributed by atoms with van der Waals surface area (Å²) in [5, 5.41) is 3.71. The van der Waals surface area contributed by atoms with Gasteiger partial charge >= 0.3 is 0 Å². The van der Waals surface area contributed by atoms with E-state index in [4.69, 9.17) is 0 Å². The van der Waals surface area contributed by atoms with Crippen molar-refractivity contribution in [3.63, 3.8) is 0 Å². The third kappa shape index (κ3) is 3.48. The van der Waals surface area contributed by atoms with Crippen LogP contribution in [-0.2, 0) is 0 Å². The zero-order chi connectivity index (χ0) is 14.4. The van der Waals surface area contributed by atoms with Crippen LogP contribution in [0, 0.1) is 5.92 Å². The third-order valence-corrected chi connectivity index (χ3v) is 3.67. The normalized spacial score (nSPS) is 14.4. The van der Waals surface area contributed by atoms with Gasteiger partial charge in [-0.3, -0.25) is 0 Å². The van der Waals surface area contributed by atoms with Crippen molar-refractivity contribution < 1.29 is 0 Å². The van der Waals surface area contributed by atoms with Crippen LogP contribution in [0.1, 0.15) is 44.8 Å². The highest BCUT2D eigenvalue weighted by Crippen LogP contribution is 2.32. The number of rotatable bonds is 7. The minimum atomic E-state index is 0.311. The summed E-state index contributed by atoms with van der Waals surface area (Å²) in [5.41, 5.74) is 1.34. The largest absolute Gasteiger partial charge is 0.332 e. The predicted molar refractivity (Wildman–Crippen MR) is 83.6 cm³/mol. The Morgan fingerprint density at radius 2 is 1.95 bits per heavy atom. The van der Waals surface area contributed by atoms with Crippen LogP contribution in [-0.4, -0.2) is 16.1 Å². The van der Waals surface area contributed by atoms with Crippen LogP contribution in [0.5, 0.6) is 0 Å². The average molecular weight is 271 g/mol. The van der Waals surface area contributed by atoms with Gasteiger partial charge in [0.1, 0.15) is 0 Å². The van der Waals surface area contributed by atoms with Gasteiger partial charge in [-0.15, -0.1) is 0 Å². The first-order chi connectivity index (χ1) is 9.74. The van der Waals surface area contributed by atoms with E-state index in [0.29, 0.717) is 18.0 Å². The Hall–Kier alpha value is -1.61. The van der Waals surface area contributed by atoms with Crippen molar-refractivity contribution in [1.82, 2.24) is 14.9 Å². The van der Waals surface area contributed by atoms with Crippen molar-refractivity contribution >= 4 is 0 Å². The number of imidazole rings is 1. The Morgan fingerprint density at radius 1 is 1.20 bits per heavy atom. The van der Waals surface area contributed by atoms with E-state index in [0.717, 1.165) is 13.0 Å². The van der Waals surface area contributed by atoms with Crippen LogP contribution in [0.2, 0.25) is 0 Å². The van der Waals surface area contributed by atoms with Crippen LogP contribution in [0.4, 0.5) is 0 Å². The van der Waals surface area contributed by atoms with E-state index < -0.39 is 0 Å². The number of aromatic nitrogens is 2. The summed E-state index contributed by atoms with van der Waals surface area (Å²) in [6, 6.07) is 11.4. The molecule has 2 atom stereocenters. The van der Waals surface area contributed by atoms with Crippen LogP contribution in [0.3, 0.4) is 0 Å². The van der Waals surface area contributed by atoms with Gasteiger partial charge in [-0.05, 0) is 24.4 Å². The SMILES string of the molecule is CCCNC(c1ccccc1)C(C(C)C)n1ccnc1. The van der Waals surface area contributed by atoms with E-state index in [2.05, 4.69) is 72.2 Å². The molecule has 2 aromatic rings. The molecule has 2 unspecified atom stereocenters. The molecular formula is C17H25N3. The smallest absolute Gasteiger partial charge is 0.0949 e. The lowest BCUT2D eigenvalue weighted by Crippen LogP contribution is -2.33. The molecule has 0 saturated carbocycles. The lowest BCUT2D eigenvalue weighted by atomic mass is 9.90.